The van der Waals surface area contributed by atoms with Gasteiger partial charge in [0.25, 0.3) is 0 Å². The molecule has 0 spiro atoms. The molecule has 0 bridgehead atoms. The van der Waals surface area contributed by atoms with Crippen molar-refractivity contribution in [1.29, 1.82) is 0 Å². The lowest BCUT2D eigenvalue weighted by molar-refractivity contribution is -0.139. The Morgan fingerprint density at radius 2 is 2.11 bits per heavy atom. The molecule has 1 rings (SSSR count). The average Bonchev–Trinajstić information content (AvgIpc) is 2.37. The number of carbonyl (C=O) groups is 2. The summed E-state index contributed by atoms with van der Waals surface area (Å²) in [6, 6.07) is 4.95. The van der Waals surface area contributed by atoms with Gasteiger partial charge in [-0.3, -0.25) is 4.79 Å². The summed E-state index contributed by atoms with van der Waals surface area (Å²) in [4.78, 5) is 23.4. The zero-order valence-corrected chi connectivity index (χ0v) is 11.1. The zero-order chi connectivity index (χ0) is 13.5. The van der Waals surface area contributed by atoms with E-state index in [-0.39, 0.29) is 11.7 Å². The summed E-state index contributed by atoms with van der Waals surface area (Å²) < 4.78 is 9.43. The number of hydrogen-bond acceptors (Lipinski definition) is 6. The molecule has 0 amide bonds. The minimum absolute atomic E-state index is 0.193. The predicted molar refractivity (Wildman–Crippen MR) is 69.6 cm³/mol. The molecule has 0 heterocycles. The molecule has 0 unspecified atom stereocenters. The Kier molecular flexibility index (Phi) is 5.51. The van der Waals surface area contributed by atoms with Crippen LogP contribution in [-0.2, 0) is 14.3 Å². The highest BCUT2D eigenvalue weighted by molar-refractivity contribution is 8.00. The maximum absolute atomic E-state index is 11.4. The van der Waals surface area contributed by atoms with Gasteiger partial charge in [0.05, 0.1) is 25.0 Å². The highest BCUT2D eigenvalue weighted by Gasteiger charge is 2.11. The molecule has 2 N–H and O–H groups in total. The second kappa shape index (κ2) is 6.90. The van der Waals surface area contributed by atoms with E-state index in [9.17, 15) is 9.59 Å². The van der Waals surface area contributed by atoms with Gasteiger partial charge in [-0.25, -0.2) is 4.79 Å². The average molecular weight is 269 g/mol. The quantitative estimate of drug-likeness (QED) is 0.498. The topological polar surface area (TPSA) is 78.6 Å². The first kappa shape index (κ1) is 14.4. The number of nitrogen functional groups attached to an aromatic ring is 1. The van der Waals surface area contributed by atoms with E-state index in [1.165, 1.54) is 18.9 Å². The molecule has 5 nitrogen and oxygen atoms in total. The number of thioether (sulfide) groups is 1. The van der Waals surface area contributed by atoms with Crippen LogP contribution in [0.1, 0.15) is 17.3 Å². The number of methoxy groups -OCH3 is 1. The van der Waals surface area contributed by atoms with Gasteiger partial charge >= 0.3 is 11.9 Å². The van der Waals surface area contributed by atoms with E-state index in [1.807, 2.05) is 0 Å². The highest BCUT2D eigenvalue weighted by Crippen LogP contribution is 2.23. The SMILES string of the molecule is CCOC(=O)CSc1ccc(N)c(C(=O)OC)c1. The van der Waals surface area contributed by atoms with E-state index in [1.54, 1.807) is 25.1 Å². The molecule has 0 radical (unpaired) electrons. The third kappa shape index (κ3) is 3.96. The van der Waals surface area contributed by atoms with Gasteiger partial charge in [0.15, 0.2) is 0 Å². The largest absolute Gasteiger partial charge is 0.465 e. The third-order valence-electron chi connectivity index (χ3n) is 2.09. The van der Waals surface area contributed by atoms with Crippen LogP contribution >= 0.6 is 11.8 Å². The lowest BCUT2D eigenvalue weighted by Gasteiger charge is -2.06. The Bertz CT molecular complexity index is 448. The van der Waals surface area contributed by atoms with Gasteiger partial charge in [0, 0.05) is 10.6 Å². The summed E-state index contributed by atoms with van der Waals surface area (Å²) in [5.41, 5.74) is 6.31. The number of nitrogens with two attached hydrogens (primary N) is 1. The summed E-state index contributed by atoms with van der Waals surface area (Å²) in [5, 5.41) is 0. The number of carbonyl (C=O) groups excluding carboxylic acids is 2. The molecule has 18 heavy (non-hydrogen) atoms. The van der Waals surface area contributed by atoms with Gasteiger partial charge in [-0.05, 0) is 25.1 Å². The monoisotopic (exact) mass is 269 g/mol. The van der Waals surface area contributed by atoms with E-state index in [0.29, 0.717) is 17.9 Å². The normalized spacial score (nSPS) is 9.89. The zero-order valence-electron chi connectivity index (χ0n) is 10.3. The van der Waals surface area contributed by atoms with Crippen LogP contribution < -0.4 is 5.73 Å². The lowest BCUT2D eigenvalue weighted by Crippen LogP contribution is -2.07. The van der Waals surface area contributed by atoms with Crippen molar-refractivity contribution in [2.75, 3.05) is 25.2 Å². The number of rotatable bonds is 5. The molecule has 6 heteroatoms. The molecule has 0 atom stereocenters. The fourth-order valence-electron chi connectivity index (χ4n) is 1.26. The minimum Gasteiger partial charge on any atom is -0.465 e. The van der Waals surface area contributed by atoms with Crippen LogP contribution in [0, 0.1) is 0 Å². The van der Waals surface area contributed by atoms with Crippen molar-refractivity contribution in [1.82, 2.24) is 0 Å². The smallest absolute Gasteiger partial charge is 0.339 e. The van der Waals surface area contributed by atoms with Crippen molar-refractivity contribution in [3.63, 3.8) is 0 Å². The summed E-state index contributed by atoms with van der Waals surface area (Å²) in [6.45, 7) is 2.11. The Labute approximate surface area is 110 Å². The first-order valence-electron chi connectivity index (χ1n) is 5.34. The van der Waals surface area contributed by atoms with Crippen LogP contribution in [-0.4, -0.2) is 31.4 Å². The number of benzene rings is 1. The molecule has 98 valence electrons. The summed E-state index contributed by atoms with van der Waals surface area (Å²) in [7, 11) is 1.29. The molecule has 0 fully saturated rings. The van der Waals surface area contributed by atoms with Gasteiger partial charge in [0.1, 0.15) is 0 Å². The minimum atomic E-state index is -0.494. The van der Waals surface area contributed by atoms with E-state index in [2.05, 4.69) is 4.74 Å². The van der Waals surface area contributed by atoms with Crippen LogP contribution in [0.4, 0.5) is 5.69 Å². The van der Waals surface area contributed by atoms with E-state index in [0.717, 1.165) is 4.90 Å². The maximum atomic E-state index is 11.4. The fraction of sp³-hybridized carbons (Fsp3) is 0.333. The van der Waals surface area contributed by atoms with Gasteiger partial charge in [0.2, 0.25) is 0 Å². The molecule has 1 aromatic rings. The Morgan fingerprint density at radius 3 is 2.72 bits per heavy atom. The predicted octanol–water partition coefficient (Wildman–Crippen LogP) is 1.71. The van der Waals surface area contributed by atoms with Gasteiger partial charge in [-0.15, -0.1) is 11.8 Å². The van der Waals surface area contributed by atoms with Crippen molar-refractivity contribution in [2.45, 2.75) is 11.8 Å². The molecular weight excluding hydrogens is 254 g/mol. The van der Waals surface area contributed by atoms with Crippen molar-refractivity contribution in [3.05, 3.63) is 23.8 Å². The van der Waals surface area contributed by atoms with Gasteiger partial charge in [-0.2, -0.15) is 0 Å². The van der Waals surface area contributed by atoms with Crippen molar-refractivity contribution in [2.24, 2.45) is 0 Å². The fourth-order valence-corrected chi connectivity index (χ4v) is 1.99. The summed E-state index contributed by atoms with van der Waals surface area (Å²) >= 11 is 1.28. The van der Waals surface area contributed by atoms with Gasteiger partial charge in [-0.1, -0.05) is 0 Å². The Balaban J connectivity index is 2.73. The molecule has 0 saturated carbocycles. The van der Waals surface area contributed by atoms with Crippen LogP contribution in [0.3, 0.4) is 0 Å². The maximum Gasteiger partial charge on any atom is 0.339 e. The lowest BCUT2D eigenvalue weighted by atomic mass is 10.2. The summed E-state index contributed by atoms with van der Waals surface area (Å²) in [5.74, 6) is -0.594. The first-order valence-corrected chi connectivity index (χ1v) is 6.33. The second-order valence-electron chi connectivity index (χ2n) is 3.33. The molecule has 0 aromatic heterocycles. The Morgan fingerprint density at radius 1 is 1.39 bits per heavy atom. The van der Waals surface area contributed by atoms with Crippen LogP contribution in [0.15, 0.2) is 23.1 Å². The number of esters is 2. The molecule has 0 aliphatic heterocycles. The Hall–Kier alpha value is -1.69. The van der Waals surface area contributed by atoms with Crippen molar-refractivity contribution >= 4 is 29.4 Å². The third-order valence-corrected chi connectivity index (χ3v) is 3.06. The summed E-state index contributed by atoms with van der Waals surface area (Å²) in [6.07, 6.45) is 0. The number of hydrogen-bond donors (Lipinski definition) is 1. The first-order chi connectivity index (χ1) is 8.58. The standard InChI is InChI=1S/C12H15NO4S/c1-3-17-11(14)7-18-8-4-5-10(13)9(6-8)12(15)16-2/h4-6H,3,7,13H2,1-2H3. The van der Waals surface area contributed by atoms with Crippen LogP contribution in [0.5, 0.6) is 0 Å². The van der Waals surface area contributed by atoms with Crippen LogP contribution in [0.25, 0.3) is 0 Å². The van der Waals surface area contributed by atoms with Gasteiger partial charge < -0.3 is 15.2 Å². The molecule has 0 aliphatic carbocycles. The highest BCUT2D eigenvalue weighted by atomic mass is 32.2. The molecule has 0 saturated heterocycles. The van der Waals surface area contributed by atoms with E-state index < -0.39 is 5.97 Å². The number of ether oxygens (including phenoxy) is 2. The number of anilines is 1. The van der Waals surface area contributed by atoms with Crippen LogP contribution in [0.2, 0.25) is 0 Å². The molecule has 0 aliphatic rings. The second-order valence-corrected chi connectivity index (χ2v) is 4.38. The van der Waals surface area contributed by atoms with Crippen molar-refractivity contribution < 1.29 is 19.1 Å². The van der Waals surface area contributed by atoms with E-state index >= 15 is 0 Å². The molecule has 1 aromatic carbocycles. The van der Waals surface area contributed by atoms with E-state index in [4.69, 9.17) is 10.5 Å². The van der Waals surface area contributed by atoms with Crippen molar-refractivity contribution in [3.8, 4) is 0 Å². The molecular formula is C12H15NO4S.